The van der Waals surface area contributed by atoms with Crippen LogP contribution in [0.2, 0.25) is 0 Å². The number of nitriles is 1. The minimum Gasteiger partial charge on any atom is -0.312 e. The minimum absolute atomic E-state index is 0.0701. The van der Waals surface area contributed by atoms with Gasteiger partial charge in [-0.25, -0.2) is 0 Å². The Morgan fingerprint density at radius 2 is 2.33 bits per heavy atom. The van der Waals surface area contributed by atoms with Gasteiger partial charge in [-0.05, 0) is 36.6 Å². The van der Waals surface area contributed by atoms with E-state index in [1.807, 2.05) is 12.1 Å². The topological polar surface area (TPSA) is 44.1 Å². The largest absolute Gasteiger partial charge is 0.312 e. The molecule has 1 aromatic rings. The number of amides is 1. The molecule has 0 saturated heterocycles. The fourth-order valence-electron chi connectivity index (χ4n) is 1.99. The van der Waals surface area contributed by atoms with Gasteiger partial charge in [0.2, 0.25) is 5.91 Å². The summed E-state index contributed by atoms with van der Waals surface area (Å²) in [5.74, 6) is 0.0701. The highest BCUT2D eigenvalue weighted by Crippen LogP contribution is 2.27. The molecule has 1 heterocycles. The summed E-state index contributed by atoms with van der Waals surface area (Å²) in [5, 5.41) is 8.78. The molecule has 0 atom stereocenters. The van der Waals surface area contributed by atoms with Crippen LogP contribution in [0.15, 0.2) is 18.2 Å². The second kappa shape index (κ2) is 3.74. The van der Waals surface area contributed by atoms with Crippen molar-refractivity contribution in [3.63, 3.8) is 0 Å². The summed E-state index contributed by atoms with van der Waals surface area (Å²) in [6.07, 6.45) is 1.93. The molecule has 2 rings (SSSR count). The van der Waals surface area contributed by atoms with E-state index in [4.69, 9.17) is 5.26 Å². The number of hydrogen-bond donors (Lipinski definition) is 0. The number of rotatable bonds is 0. The van der Waals surface area contributed by atoms with Crippen LogP contribution in [0.1, 0.15) is 24.5 Å². The summed E-state index contributed by atoms with van der Waals surface area (Å²) in [6.45, 7) is 2.36. The molecule has 1 aromatic carbocycles. The van der Waals surface area contributed by atoms with Gasteiger partial charge in [0.15, 0.2) is 0 Å². The smallest absolute Gasteiger partial charge is 0.223 e. The van der Waals surface area contributed by atoms with E-state index < -0.39 is 0 Å². The van der Waals surface area contributed by atoms with Crippen LogP contribution >= 0.6 is 0 Å². The highest BCUT2D eigenvalue weighted by molar-refractivity contribution is 5.92. The zero-order valence-corrected chi connectivity index (χ0v) is 8.66. The minimum atomic E-state index is 0.0701. The molecule has 15 heavy (non-hydrogen) atoms. The molecule has 0 aliphatic carbocycles. The number of anilines is 1. The van der Waals surface area contributed by atoms with Gasteiger partial charge in [-0.2, -0.15) is 5.26 Å². The fraction of sp³-hybridized carbons (Fsp3) is 0.333. The molecule has 3 nitrogen and oxygen atoms in total. The van der Waals surface area contributed by atoms with Crippen LogP contribution in [0.4, 0.5) is 5.69 Å². The zero-order chi connectivity index (χ0) is 10.8. The molecule has 0 saturated carbocycles. The lowest BCUT2D eigenvalue weighted by Crippen LogP contribution is -2.33. The molecule has 76 valence electrons. The molecule has 0 unspecified atom stereocenters. The molecule has 1 aliphatic rings. The number of carbonyl (C=O) groups is 1. The van der Waals surface area contributed by atoms with Gasteiger partial charge in [-0.3, -0.25) is 4.79 Å². The number of carbonyl (C=O) groups excluding carboxylic acids is 1. The maximum absolute atomic E-state index is 11.4. The van der Waals surface area contributed by atoms with Gasteiger partial charge in [-0.15, -0.1) is 0 Å². The lowest BCUT2D eigenvalue weighted by molar-refractivity contribution is -0.116. The Hall–Kier alpha value is -1.82. The third-order valence-corrected chi connectivity index (χ3v) is 2.71. The van der Waals surface area contributed by atoms with Crippen molar-refractivity contribution >= 4 is 11.6 Å². The van der Waals surface area contributed by atoms with Gasteiger partial charge in [0, 0.05) is 19.2 Å². The summed E-state index contributed by atoms with van der Waals surface area (Å²) in [5.41, 5.74) is 2.74. The molecular weight excluding hydrogens is 188 g/mol. The van der Waals surface area contributed by atoms with Crippen LogP contribution in [0, 0.1) is 11.3 Å². The van der Waals surface area contributed by atoms with Crippen molar-refractivity contribution in [3.05, 3.63) is 29.3 Å². The molecule has 1 amide bonds. The average molecular weight is 200 g/mol. The maximum atomic E-state index is 11.4. The van der Waals surface area contributed by atoms with E-state index in [1.165, 1.54) is 0 Å². The third-order valence-electron chi connectivity index (χ3n) is 2.71. The van der Waals surface area contributed by atoms with Crippen LogP contribution in [-0.2, 0) is 11.2 Å². The molecule has 0 fully saturated rings. The highest BCUT2D eigenvalue weighted by Gasteiger charge is 2.19. The molecule has 3 heteroatoms. The van der Waals surface area contributed by atoms with Crippen molar-refractivity contribution in [2.24, 2.45) is 0 Å². The average Bonchev–Trinajstić information content (AvgIpc) is 2.27. The van der Waals surface area contributed by atoms with Crippen LogP contribution in [0.5, 0.6) is 0 Å². The van der Waals surface area contributed by atoms with Gasteiger partial charge in [-0.1, -0.05) is 0 Å². The van der Waals surface area contributed by atoms with Crippen LogP contribution in [0.25, 0.3) is 0 Å². The van der Waals surface area contributed by atoms with E-state index in [1.54, 1.807) is 17.9 Å². The summed E-state index contributed by atoms with van der Waals surface area (Å²) in [7, 11) is 0. The Bertz CT molecular complexity index is 445. The number of fused-ring (bicyclic) bond motifs is 1. The van der Waals surface area contributed by atoms with Crippen molar-refractivity contribution in [2.45, 2.75) is 19.8 Å². The van der Waals surface area contributed by atoms with Gasteiger partial charge in [0.05, 0.1) is 11.6 Å². The van der Waals surface area contributed by atoms with E-state index in [0.29, 0.717) is 5.56 Å². The second-order valence-electron chi connectivity index (χ2n) is 3.73. The number of aryl methyl sites for hydroxylation is 1. The number of hydrogen-bond acceptors (Lipinski definition) is 2. The molecule has 0 N–H and O–H groups in total. The molecule has 1 aliphatic heterocycles. The Labute approximate surface area is 88.9 Å². The monoisotopic (exact) mass is 200 g/mol. The maximum Gasteiger partial charge on any atom is 0.223 e. The highest BCUT2D eigenvalue weighted by atomic mass is 16.2. The number of nitrogens with zero attached hydrogens (tertiary/aromatic N) is 2. The first-order chi connectivity index (χ1) is 7.22. The van der Waals surface area contributed by atoms with E-state index in [0.717, 1.165) is 30.6 Å². The Balaban J connectivity index is 2.46. The number of benzene rings is 1. The van der Waals surface area contributed by atoms with Gasteiger partial charge < -0.3 is 4.90 Å². The fourth-order valence-corrected chi connectivity index (χ4v) is 1.99. The third kappa shape index (κ3) is 1.71. The molecule has 0 bridgehead atoms. The lowest BCUT2D eigenvalue weighted by atomic mass is 9.99. The Morgan fingerprint density at radius 3 is 3.00 bits per heavy atom. The summed E-state index contributed by atoms with van der Waals surface area (Å²) in [6, 6.07) is 7.63. The molecule has 0 radical (unpaired) electrons. The lowest BCUT2D eigenvalue weighted by Gasteiger charge is -2.28. The van der Waals surface area contributed by atoms with Crippen LogP contribution in [-0.4, -0.2) is 12.5 Å². The first-order valence-corrected chi connectivity index (χ1v) is 5.03. The van der Waals surface area contributed by atoms with Crippen molar-refractivity contribution in [2.75, 3.05) is 11.4 Å². The molecular formula is C12H12N2O. The normalized spacial score (nSPS) is 14.3. The van der Waals surface area contributed by atoms with Gasteiger partial charge in [0.25, 0.3) is 0 Å². The zero-order valence-electron chi connectivity index (χ0n) is 8.66. The molecule has 0 spiro atoms. The Morgan fingerprint density at radius 1 is 1.53 bits per heavy atom. The van der Waals surface area contributed by atoms with Gasteiger partial charge in [0.1, 0.15) is 0 Å². The predicted octanol–water partition coefficient (Wildman–Crippen LogP) is 1.86. The Kier molecular flexibility index (Phi) is 2.42. The van der Waals surface area contributed by atoms with Crippen molar-refractivity contribution < 1.29 is 4.79 Å². The summed E-state index contributed by atoms with van der Waals surface area (Å²) < 4.78 is 0. The van der Waals surface area contributed by atoms with Crippen LogP contribution in [0.3, 0.4) is 0 Å². The SMILES string of the molecule is CC(=O)N1CCCc2cc(C#N)ccc21. The van der Waals surface area contributed by atoms with Crippen molar-refractivity contribution in [1.82, 2.24) is 0 Å². The van der Waals surface area contributed by atoms with Crippen molar-refractivity contribution in [1.29, 1.82) is 5.26 Å². The molecule has 0 aromatic heterocycles. The van der Waals surface area contributed by atoms with E-state index in [9.17, 15) is 4.79 Å². The standard InChI is InChI=1S/C12H12N2O/c1-9(15)14-6-2-3-11-7-10(8-13)4-5-12(11)14/h4-5,7H,2-3,6H2,1H3. The van der Waals surface area contributed by atoms with Crippen LogP contribution < -0.4 is 4.90 Å². The summed E-state index contributed by atoms with van der Waals surface area (Å²) >= 11 is 0. The summed E-state index contributed by atoms with van der Waals surface area (Å²) in [4.78, 5) is 13.2. The van der Waals surface area contributed by atoms with E-state index in [2.05, 4.69) is 6.07 Å². The first-order valence-electron chi connectivity index (χ1n) is 5.03. The quantitative estimate of drug-likeness (QED) is 0.641. The van der Waals surface area contributed by atoms with E-state index >= 15 is 0 Å². The van der Waals surface area contributed by atoms with E-state index in [-0.39, 0.29) is 5.91 Å². The first kappa shape index (κ1) is 9.72. The van der Waals surface area contributed by atoms with Gasteiger partial charge >= 0.3 is 0 Å². The second-order valence-corrected chi connectivity index (χ2v) is 3.73. The predicted molar refractivity (Wildman–Crippen MR) is 57.5 cm³/mol. The van der Waals surface area contributed by atoms with Crippen molar-refractivity contribution in [3.8, 4) is 6.07 Å².